The maximum Gasteiger partial charge on any atom is 0.410 e. The number of carbonyl (C=O) groups excluding carboxylic acids is 1. The highest BCUT2D eigenvalue weighted by Gasteiger charge is 2.24. The molecule has 1 saturated carbocycles. The zero-order chi connectivity index (χ0) is 20.1. The summed E-state index contributed by atoms with van der Waals surface area (Å²) in [7, 11) is 0. The van der Waals surface area contributed by atoms with Crippen molar-refractivity contribution < 1.29 is 14.7 Å². The first-order valence-electron chi connectivity index (χ1n) is 9.65. The van der Waals surface area contributed by atoms with Crippen LogP contribution >= 0.6 is 0 Å². The van der Waals surface area contributed by atoms with Crippen molar-refractivity contribution in [3.63, 3.8) is 0 Å². The number of carbonyl (C=O) groups is 2. The van der Waals surface area contributed by atoms with Crippen molar-refractivity contribution in [2.75, 3.05) is 11.9 Å². The number of nitrogens with one attached hydrogen (secondary N) is 1. The summed E-state index contributed by atoms with van der Waals surface area (Å²) in [5.41, 5.74) is 0.686. The van der Waals surface area contributed by atoms with Crippen LogP contribution in [0.15, 0.2) is 18.3 Å². The van der Waals surface area contributed by atoms with E-state index in [1.165, 1.54) is 19.0 Å². The van der Waals surface area contributed by atoms with E-state index in [9.17, 15) is 9.59 Å². The average molecular weight is 386 g/mol. The molecule has 3 rings (SSSR count). The Bertz CT molecular complexity index is 844. The zero-order valence-electron chi connectivity index (χ0n) is 16.3. The highest BCUT2D eigenvalue weighted by Crippen LogP contribution is 2.24. The number of rotatable bonds is 7. The molecule has 2 aromatic heterocycles. The predicted molar refractivity (Wildman–Crippen MR) is 104 cm³/mol. The molecule has 0 unspecified atom stereocenters. The number of amides is 2. The van der Waals surface area contributed by atoms with Gasteiger partial charge >= 0.3 is 6.09 Å². The van der Waals surface area contributed by atoms with Gasteiger partial charge in [0, 0.05) is 37.7 Å². The molecule has 2 amide bonds. The van der Waals surface area contributed by atoms with Crippen molar-refractivity contribution in [1.82, 2.24) is 24.6 Å². The molecule has 9 heteroatoms. The zero-order valence-corrected chi connectivity index (χ0v) is 16.3. The predicted octanol–water partition coefficient (Wildman–Crippen LogP) is 2.78. The van der Waals surface area contributed by atoms with Crippen LogP contribution in [0.4, 0.5) is 10.6 Å². The first-order chi connectivity index (χ1) is 13.5. The molecule has 1 fully saturated rings. The van der Waals surface area contributed by atoms with Gasteiger partial charge in [0.2, 0.25) is 5.91 Å². The van der Waals surface area contributed by atoms with Gasteiger partial charge in [0.15, 0.2) is 5.82 Å². The van der Waals surface area contributed by atoms with Crippen LogP contribution in [0.5, 0.6) is 0 Å². The van der Waals surface area contributed by atoms with Crippen LogP contribution in [0.2, 0.25) is 0 Å². The van der Waals surface area contributed by atoms with Gasteiger partial charge in [-0.25, -0.2) is 19.4 Å². The lowest BCUT2D eigenvalue weighted by Crippen LogP contribution is -2.39. The molecule has 0 saturated heterocycles. The summed E-state index contributed by atoms with van der Waals surface area (Å²) in [6.45, 7) is 4.82. The second-order valence-electron chi connectivity index (χ2n) is 6.94. The van der Waals surface area contributed by atoms with Gasteiger partial charge in [-0.15, -0.1) is 0 Å². The average Bonchev–Trinajstić information content (AvgIpc) is 3.31. The van der Waals surface area contributed by atoms with E-state index in [4.69, 9.17) is 5.11 Å². The third-order valence-corrected chi connectivity index (χ3v) is 5.04. The van der Waals surface area contributed by atoms with Gasteiger partial charge in [-0.3, -0.25) is 10.1 Å². The van der Waals surface area contributed by atoms with Gasteiger partial charge in [-0.1, -0.05) is 19.8 Å². The SMILES string of the molecule is CCc1nc(-c2ccnc(NC(=O)O)c2)nn1CCN(C(C)=O)C1CCCC1. The topological polar surface area (TPSA) is 113 Å². The monoisotopic (exact) mass is 386 g/mol. The summed E-state index contributed by atoms with van der Waals surface area (Å²) in [5.74, 6) is 1.67. The Hall–Kier alpha value is -2.97. The van der Waals surface area contributed by atoms with Crippen LogP contribution in [0.25, 0.3) is 11.4 Å². The lowest BCUT2D eigenvalue weighted by molar-refractivity contribution is -0.131. The van der Waals surface area contributed by atoms with Crippen LogP contribution in [0, 0.1) is 0 Å². The number of nitrogens with zero attached hydrogens (tertiary/aromatic N) is 5. The number of hydrogen-bond acceptors (Lipinski definition) is 5. The van der Waals surface area contributed by atoms with Crippen molar-refractivity contribution >= 4 is 17.8 Å². The molecule has 1 aliphatic carbocycles. The molecule has 0 spiro atoms. The van der Waals surface area contributed by atoms with Gasteiger partial charge in [0.25, 0.3) is 0 Å². The summed E-state index contributed by atoms with van der Waals surface area (Å²) in [6.07, 6.45) is 5.55. The molecule has 2 aromatic rings. The van der Waals surface area contributed by atoms with E-state index in [2.05, 4.69) is 20.4 Å². The Morgan fingerprint density at radius 1 is 1.36 bits per heavy atom. The Balaban J connectivity index is 1.77. The normalized spacial score (nSPS) is 14.2. The maximum atomic E-state index is 12.1. The Morgan fingerprint density at radius 3 is 2.75 bits per heavy atom. The lowest BCUT2D eigenvalue weighted by Gasteiger charge is -2.27. The third-order valence-electron chi connectivity index (χ3n) is 5.04. The molecule has 0 bridgehead atoms. The van der Waals surface area contributed by atoms with E-state index >= 15 is 0 Å². The van der Waals surface area contributed by atoms with Crippen molar-refractivity contribution in [2.45, 2.75) is 58.5 Å². The standard InChI is InChI=1S/C19H26N6O3/c1-3-17-22-18(14-8-9-20-16(12-14)21-19(27)28)23-25(17)11-10-24(13(2)26)15-6-4-5-7-15/h8-9,12,15H,3-7,10-11H2,1-2H3,(H,20,21)(H,27,28). The van der Waals surface area contributed by atoms with E-state index < -0.39 is 6.09 Å². The molecular formula is C19H26N6O3. The minimum absolute atomic E-state index is 0.101. The maximum absolute atomic E-state index is 12.1. The van der Waals surface area contributed by atoms with Crippen LogP contribution < -0.4 is 5.32 Å². The summed E-state index contributed by atoms with van der Waals surface area (Å²) < 4.78 is 1.84. The fourth-order valence-electron chi connectivity index (χ4n) is 3.70. The molecule has 9 nitrogen and oxygen atoms in total. The molecule has 1 aliphatic rings. The van der Waals surface area contributed by atoms with Crippen molar-refractivity contribution in [3.05, 3.63) is 24.2 Å². The first kappa shape index (κ1) is 19.8. The molecule has 0 aromatic carbocycles. The van der Waals surface area contributed by atoms with E-state index in [0.717, 1.165) is 18.7 Å². The van der Waals surface area contributed by atoms with Crippen LogP contribution in [-0.2, 0) is 17.8 Å². The summed E-state index contributed by atoms with van der Waals surface area (Å²) >= 11 is 0. The highest BCUT2D eigenvalue weighted by molar-refractivity contribution is 5.82. The smallest absolute Gasteiger partial charge is 0.410 e. The minimum atomic E-state index is -1.17. The number of aryl methyl sites for hydroxylation is 1. The molecule has 0 atom stereocenters. The molecule has 150 valence electrons. The molecule has 2 heterocycles. The number of hydrogen-bond donors (Lipinski definition) is 2. The van der Waals surface area contributed by atoms with E-state index in [0.29, 0.717) is 36.9 Å². The van der Waals surface area contributed by atoms with Crippen molar-refractivity contribution in [3.8, 4) is 11.4 Å². The van der Waals surface area contributed by atoms with Gasteiger partial charge in [0.1, 0.15) is 11.6 Å². The Kier molecular flexibility index (Phi) is 6.23. The summed E-state index contributed by atoms with van der Waals surface area (Å²) in [6, 6.07) is 3.68. The third kappa shape index (κ3) is 4.65. The number of anilines is 1. The highest BCUT2D eigenvalue weighted by atomic mass is 16.4. The minimum Gasteiger partial charge on any atom is -0.465 e. The Morgan fingerprint density at radius 2 is 2.11 bits per heavy atom. The number of aromatic nitrogens is 4. The quantitative estimate of drug-likeness (QED) is 0.756. The summed E-state index contributed by atoms with van der Waals surface area (Å²) in [5, 5.41) is 15.7. The van der Waals surface area contributed by atoms with Crippen LogP contribution in [-0.4, -0.2) is 54.3 Å². The second kappa shape index (κ2) is 8.81. The van der Waals surface area contributed by atoms with Gasteiger partial charge < -0.3 is 10.0 Å². The van der Waals surface area contributed by atoms with E-state index in [1.54, 1.807) is 19.1 Å². The van der Waals surface area contributed by atoms with Crippen molar-refractivity contribution in [1.29, 1.82) is 0 Å². The molecule has 2 N–H and O–H groups in total. The van der Waals surface area contributed by atoms with Crippen molar-refractivity contribution in [2.24, 2.45) is 0 Å². The molecule has 28 heavy (non-hydrogen) atoms. The molecule has 0 aliphatic heterocycles. The second-order valence-corrected chi connectivity index (χ2v) is 6.94. The lowest BCUT2D eigenvalue weighted by atomic mass is 10.2. The van der Waals surface area contributed by atoms with E-state index in [1.807, 2.05) is 16.5 Å². The number of pyridine rings is 1. The fraction of sp³-hybridized carbons (Fsp3) is 0.526. The van der Waals surface area contributed by atoms with Crippen LogP contribution in [0.3, 0.4) is 0 Å². The Labute approximate surface area is 163 Å². The largest absolute Gasteiger partial charge is 0.465 e. The van der Waals surface area contributed by atoms with E-state index in [-0.39, 0.29) is 11.7 Å². The molecule has 0 radical (unpaired) electrons. The first-order valence-corrected chi connectivity index (χ1v) is 9.65. The molecular weight excluding hydrogens is 360 g/mol. The summed E-state index contributed by atoms with van der Waals surface area (Å²) in [4.78, 5) is 33.4. The fourth-order valence-corrected chi connectivity index (χ4v) is 3.70. The van der Waals surface area contributed by atoms with Crippen LogP contribution in [0.1, 0.15) is 45.4 Å². The van der Waals surface area contributed by atoms with Gasteiger partial charge in [-0.05, 0) is 25.0 Å². The number of carboxylic acid groups (broad SMARTS) is 1. The van der Waals surface area contributed by atoms with Gasteiger partial charge in [0.05, 0.1) is 6.54 Å². The van der Waals surface area contributed by atoms with Gasteiger partial charge in [-0.2, -0.15) is 5.10 Å².